The lowest BCUT2D eigenvalue weighted by atomic mass is 9.96. The van der Waals surface area contributed by atoms with Gasteiger partial charge in [0.05, 0.1) is 60.9 Å². The van der Waals surface area contributed by atoms with E-state index in [-0.39, 0.29) is 0 Å². The first kappa shape index (κ1) is 54.8. The minimum Gasteiger partial charge on any atom is -0.456 e. The number of fused-ring (bicyclic) bond motifs is 19. The van der Waals surface area contributed by atoms with Crippen LogP contribution < -0.4 is 0 Å². The predicted octanol–water partition coefficient (Wildman–Crippen LogP) is 25.7. The summed E-state index contributed by atoms with van der Waals surface area (Å²) >= 11 is 0. The number of furan rings is 2. The number of aromatic nitrogens is 4. The fourth-order valence-electron chi connectivity index (χ4n) is 16.8. The van der Waals surface area contributed by atoms with Crippen molar-refractivity contribution in [2.45, 2.75) is 0 Å². The summed E-state index contributed by atoms with van der Waals surface area (Å²) in [5.41, 5.74) is 26.6. The predicted molar refractivity (Wildman–Crippen MR) is 418 cm³/mol. The van der Waals surface area contributed by atoms with Crippen LogP contribution >= 0.6 is 0 Å². The SMILES string of the molecule is c1ccc(-n2c3ccccc3c3cc(-c4ccc5c(c4)c4ccccc4n5-c4ccc5oc6cc(-c7cccc(-c8cc(-n9c%10ccccc%10c%10cc(-c%11ccc%12c(c%11)c%11ccccc%11n%12-c%11cccc%12oc%13ccccc%13c%11%12)ccc%109)c9ccccc9c8)c7)ccc6c5c4)ccc32)cc1. The van der Waals surface area contributed by atoms with Crippen LogP contribution in [0.3, 0.4) is 0 Å². The van der Waals surface area contributed by atoms with Gasteiger partial charge in [-0.25, -0.2) is 0 Å². The van der Waals surface area contributed by atoms with E-state index in [2.05, 4.69) is 352 Å². The van der Waals surface area contributed by atoms with Crippen molar-refractivity contribution in [3.8, 4) is 67.3 Å². The molecule has 6 heterocycles. The molecule has 0 aliphatic carbocycles. The van der Waals surface area contributed by atoms with Crippen molar-refractivity contribution in [2.75, 3.05) is 0 Å². The molecule has 22 aromatic rings. The lowest BCUT2D eigenvalue weighted by Crippen LogP contribution is -1.96. The average Bonchev–Trinajstić information content (AvgIpc) is 1.46. The van der Waals surface area contributed by atoms with Gasteiger partial charge in [-0.15, -0.1) is 0 Å². The first-order valence-electron chi connectivity index (χ1n) is 34.3. The van der Waals surface area contributed by atoms with Crippen molar-refractivity contribution >= 4 is 142 Å². The molecule has 0 aliphatic heterocycles. The molecule has 0 aliphatic rings. The van der Waals surface area contributed by atoms with E-state index in [1.807, 2.05) is 6.07 Å². The van der Waals surface area contributed by atoms with Gasteiger partial charge in [0.2, 0.25) is 0 Å². The van der Waals surface area contributed by atoms with Crippen molar-refractivity contribution < 1.29 is 8.83 Å². The molecule has 0 spiro atoms. The summed E-state index contributed by atoms with van der Waals surface area (Å²) in [5, 5.41) is 16.5. The Hall–Kier alpha value is -13.4. The van der Waals surface area contributed by atoms with Crippen LogP contribution in [0.25, 0.3) is 209 Å². The fraction of sp³-hybridized carbons (Fsp3) is 0. The maximum atomic E-state index is 6.79. The molecule has 0 atom stereocenters. The van der Waals surface area contributed by atoms with Gasteiger partial charge in [0.25, 0.3) is 0 Å². The van der Waals surface area contributed by atoms with Gasteiger partial charge >= 0.3 is 0 Å². The van der Waals surface area contributed by atoms with Crippen LogP contribution in [0.1, 0.15) is 0 Å². The van der Waals surface area contributed by atoms with Gasteiger partial charge in [-0.05, 0) is 202 Å². The molecule has 0 unspecified atom stereocenters. The Bertz CT molecular complexity index is 7230. The molecular weight excluding hydrogens is 1220 g/mol. The van der Waals surface area contributed by atoms with Gasteiger partial charge < -0.3 is 27.1 Å². The zero-order valence-corrected chi connectivity index (χ0v) is 53.9. The summed E-state index contributed by atoms with van der Waals surface area (Å²) in [6.45, 7) is 0. The molecule has 6 heteroatoms. The van der Waals surface area contributed by atoms with E-state index in [0.717, 1.165) is 122 Å². The molecule has 0 saturated heterocycles. The Balaban J connectivity index is 0.606. The van der Waals surface area contributed by atoms with Crippen LogP contribution in [0, 0.1) is 0 Å². The molecule has 0 N–H and O–H groups in total. The van der Waals surface area contributed by atoms with Crippen molar-refractivity contribution in [2.24, 2.45) is 0 Å². The second kappa shape index (κ2) is 21.0. The Labute approximate surface area is 572 Å². The number of rotatable bonds is 8. The molecule has 0 fully saturated rings. The minimum atomic E-state index is 0.856. The molecule has 6 aromatic heterocycles. The largest absolute Gasteiger partial charge is 0.456 e. The highest BCUT2D eigenvalue weighted by molar-refractivity contribution is 6.18. The van der Waals surface area contributed by atoms with Gasteiger partial charge in [-0.3, -0.25) is 0 Å². The highest BCUT2D eigenvalue weighted by atomic mass is 16.3. The summed E-state index contributed by atoms with van der Waals surface area (Å²) in [5.74, 6) is 0. The number of hydrogen-bond acceptors (Lipinski definition) is 2. The van der Waals surface area contributed by atoms with E-state index >= 15 is 0 Å². The van der Waals surface area contributed by atoms with Crippen LogP contribution in [0.4, 0.5) is 0 Å². The van der Waals surface area contributed by atoms with Crippen LogP contribution in [0.2, 0.25) is 0 Å². The van der Waals surface area contributed by atoms with Gasteiger partial charge in [0, 0.05) is 76.0 Å². The standard InChI is InChI=1S/C94H56N4O2/c1-2-21-66(22-3-1)95-80-29-11-6-24-69(80)75-50-59(37-43-84(75)95)60-38-44-85-76(51-60)70-25-7-12-30-81(70)96(85)67-41-47-91-79(56-67)73-42-36-63(55-93(73)100-91)57-19-16-20-58(48-57)65-49-64-18-4-5-23-68(64)89(54-65)98-83-32-14-9-27-72(83)78-53-62(40-46-87(78)98)61-39-45-86-77(52-61)71-26-8-13-31-82(71)97(86)88-33-17-35-92-94(88)74-28-10-15-34-90(74)99-92/h1-56H. The number of nitrogens with zero attached hydrogens (tertiary/aromatic N) is 4. The van der Waals surface area contributed by atoms with Crippen molar-refractivity contribution in [1.29, 1.82) is 0 Å². The number of hydrogen-bond donors (Lipinski definition) is 0. The number of benzene rings is 16. The minimum absolute atomic E-state index is 0.856. The van der Waals surface area contributed by atoms with Gasteiger partial charge in [0.1, 0.15) is 22.3 Å². The van der Waals surface area contributed by atoms with Crippen LogP contribution in [0.5, 0.6) is 0 Å². The lowest BCUT2D eigenvalue weighted by Gasteiger charge is -2.15. The molecule has 6 nitrogen and oxygen atoms in total. The van der Waals surface area contributed by atoms with E-state index in [1.54, 1.807) is 0 Å². The molecule has 16 aromatic carbocycles. The van der Waals surface area contributed by atoms with Crippen LogP contribution in [-0.2, 0) is 0 Å². The normalized spacial score (nSPS) is 12.2. The third-order valence-corrected chi connectivity index (χ3v) is 21.3. The van der Waals surface area contributed by atoms with E-state index in [1.165, 1.54) is 87.1 Å². The average molecular weight is 1270 g/mol. The third-order valence-electron chi connectivity index (χ3n) is 21.3. The molecule has 100 heavy (non-hydrogen) atoms. The van der Waals surface area contributed by atoms with E-state index < -0.39 is 0 Å². The molecule has 0 bridgehead atoms. The molecule has 0 radical (unpaired) electrons. The zero-order valence-electron chi connectivity index (χ0n) is 53.9. The van der Waals surface area contributed by atoms with Crippen LogP contribution in [0.15, 0.2) is 349 Å². The van der Waals surface area contributed by atoms with Crippen LogP contribution in [-0.4, -0.2) is 18.3 Å². The summed E-state index contributed by atoms with van der Waals surface area (Å²) in [7, 11) is 0. The maximum absolute atomic E-state index is 6.79. The fourth-order valence-corrected chi connectivity index (χ4v) is 16.8. The monoisotopic (exact) mass is 1270 g/mol. The third kappa shape index (κ3) is 8.07. The van der Waals surface area contributed by atoms with Gasteiger partial charge in [-0.1, -0.05) is 188 Å². The van der Waals surface area contributed by atoms with Crippen molar-refractivity contribution in [3.05, 3.63) is 340 Å². The smallest absolute Gasteiger partial charge is 0.137 e. The number of para-hydroxylation sites is 6. The summed E-state index contributed by atoms with van der Waals surface area (Å²) in [6.07, 6.45) is 0. The summed E-state index contributed by atoms with van der Waals surface area (Å²) in [4.78, 5) is 0. The lowest BCUT2D eigenvalue weighted by molar-refractivity contribution is 0.668. The van der Waals surface area contributed by atoms with Crippen molar-refractivity contribution in [3.63, 3.8) is 0 Å². The zero-order chi connectivity index (χ0) is 65.3. The van der Waals surface area contributed by atoms with Gasteiger partial charge in [0.15, 0.2) is 0 Å². The van der Waals surface area contributed by atoms with E-state index in [9.17, 15) is 0 Å². The highest BCUT2D eigenvalue weighted by Crippen LogP contribution is 2.45. The van der Waals surface area contributed by atoms with E-state index in [0.29, 0.717) is 0 Å². The van der Waals surface area contributed by atoms with Crippen molar-refractivity contribution in [1.82, 2.24) is 18.3 Å². The maximum Gasteiger partial charge on any atom is 0.137 e. The topological polar surface area (TPSA) is 46.0 Å². The quantitative estimate of drug-likeness (QED) is 0.152. The Morgan fingerprint density at radius 1 is 0.170 bits per heavy atom. The Morgan fingerprint density at radius 3 is 1.20 bits per heavy atom. The first-order valence-corrected chi connectivity index (χ1v) is 34.3. The molecule has 0 saturated carbocycles. The summed E-state index contributed by atoms with van der Waals surface area (Å²) in [6, 6.07) is 124. The Morgan fingerprint density at radius 2 is 0.590 bits per heavy atom. The second-order valence-corrected chi connectivity index (χ2v) is 26.7. The Kier molecular flexibility index (Phi) is 11.5. The van der Waals surface area contributed by atoms with E-state index in [4.69, 9.17) is 8.83 Å². The molecule has 22 rings (SSSR count). The molecular formula is C94H56N4O2. The second-order valence-electron chi connectivity index (χ2n) is 26.7. The van der Waals surface area contributed by atoms with Gasteiger partial charge in [-0.2, -0.15) is 0 Å². The molecule has 0 amide bonds. The molecule has 464 valence electrons. The first-order chi connectivity index (χ1) is 49.6. The summed E-state index contributed by atoms with van der Waals surface area (Å²) < 4.78 is 22.9. The highest BCUT2D eigenvalue weighted by Gasteiger charge is 2.23.